The minimum atomic E-state index is -3.09. The first-order valence-corrected chi connectivity index (χ1v) is 10.6. The topological polar surface area (TPSA) is 70.6 Å². The zero-order valence-corrected chi connectivity index (χ0v) is 15.8. The maximum Gasteiger partial charge on any atom is 0.222 e. The van der Waals surface area contributed by atoms with Gasteiger partial charge in [0.05, 0.1) is 11.0 Å². The van der Waals surface area contributed by atoms with Crippen molar-refractivity contribution in [1.82, 2.24) is 14.8 Å². The number of pyridine rings is 1. The van der Waals surface area contributed by atoms with Gasteiger partial charge in [-0.25, -0.2) is 8.42 Å². The van der Waals surface area contributed by atoms with Crippen LogP contribution in [0.5, 0.6) is 0 Å². The van der Waals surface area contributed by atoms with E-state index in [1.807, 2.05) is 37.3 Å². The average Bonchev–Trinajstić information content (AvgIpc) is 3.12. The highest BCUT2D eigenvalue weighted by molar-refractivity contribution is 7.92. The first-order chi connectivity index (χ1) is 11.9. The number of likely N-dealkylation sites (tertiary alicyclic amines) is 1. The van der Waals surface area contributed by atoms with E-state index in [1.165, 1.54) is 5.56 Å². The van der Waals surface area contributed by atoms with E-state index in [9.17, 15) is 13.2 Å². The maximum atomic E-state index is 12.5. The second-order valence-corrected chi connectivity index (χ2v) is 9.69. The van der Waals surface area contributed by atoms with Crippen LogP contribution in [0.15, 0.2) is 24.5 Å². The first-order valence-electron chi connectivity index (χ1n) is 8.93. The van der Waals surface area contributed by atoms with Crippen LogP contribution in [0.1, 0.15) is 24.8 Å². The van der Waals surface area contributed by atoms with Crippen LogP contribution >= 0.6 is 0 Å². The highest BCUT2D eigenvalue weighted by Gasteiger charge is 2.53. The van der Waals surface area contributed by atoms with Crippen LogP contribution in [0, 0.1) is 5.92 Å². The minimum absolute atomic E-state index is 0.0263. The molecular weight excluding hydrogens is 338 g/mol. The number of carbonyl (C=O) groups is 1. The molecule has 0 N–H and O–H groups in total. The molecule has 7 heteroatoms. The summed E-state index contributed by atoms with van der Waals surface area (Å²) in [6, 6.07) is 3.99. The predicted molar refractivity (Wildman–Crippen MR) is 96.9 cm³/mol. The molecule has 1 amide bonds. The van der Waals surface area contributed by atoms with E-state index in [0.717, 1.165) is 19.3 Å². The van der Waals surface area contributed by atoms with Crippen LogP contribution in [-0.4, -0.2) is 73.3 Å². The third-order valence-corrected chi connectivity index (χ3v) is 7.74. The quantitative estimate of drug-likeness (QED) is 0.703. The Hall–Kier alpha value is -1.47. The molecule has 2 aliphatic rings. The summed E-state index contributed by atoms with van der Waals surface area (Å²) in [6.07, 6.45) is 6.79. The summed E-state index contributed by atoms with van der Waals surface area (Å²) >= 11 is 0. The smallest absolute Gasteiger partial charge is 0.222 e. The van der Waals surface area contributed by atoms with Crippen molar-refractivity contribution in [1.29, 1.82) is 0 Å². The van der Waals surface area contributed by atoms with Crippen molar-refractivity contribution in [2.45, 2.75) is 37.0 Å². The number of fused-ring (bicyclic) bond motifs is 1. The van der Waals surface area contributed by atoms with Crippen LogP contribution in [-0.2, 0) is 21.1 Å². The van der Waals surface area contributed by atoms with Crippen molar-refractivity contribution < 1.29 is 13.2 Å². The molecule has 3 atom stereocenters. The van der Waals surface area contributed by atoms with Crippen LogP contribution in [0.2, 0.25) is 0 Å². The molecule has 2 aliphatic heterocycles. The fourth-order valence-electron chi connectivity index (χ4n) is 4.08. The summed E-state index contributed by atoms with van der Waals surface area (Å²) in [5.74, 6) is 0.371. The van der Waals surface area contributed by atoms with Gasteiger partial charge in [0.25, 0.3) is 0 Å². The molecule has 0 bridgehead atoms. The van der Waals surface area contributed by atoms with E-state index < -0.39 is 9.84 Å². The number of unbranched alkanes of at least 4 members (excludes halogenated alkanes) is 1. The summed E-state index contributed by atoms with van der Waals surface area (Å²) in [5, 5.41) is -0.376. The van der Waals surface area contributed by atoms with Crippen molar-refractivity contribution in [3.8, 4) is 0 Å². The molecule has 138 valence electrons. The standard InChI is InChI=1S/C18H27N3O3S/c1-20(2)16-13-25(23,24)17-12-21(11-15(16)17)18(22)8-4-3-6-14-7-5-9-19-10-14/h5,7,9-10,15-17H,3-4,6,8,11-13H2,1-2H3/t15-,16+,17-/m0/s1. The molecule has 0 aliphatic carbocycles. The van der Waals surface area contributed by atoms with Gasteiger partial charge < -0.3 is 9.80 Å². The number of aromatic nitrogens is 1. The summed E-state index contributed by atoms with van der Waals surface area (Å²) < 4.78 is 24.7. The molecule has 2 fully saturated rings. The van der Waals surface area contributed by atoms with Gasteiger partial charge in [0, 0.05) is 43.9 Å². The van der Waals surface area contributed by atoms with E-state index in [0.29, 0.717) is 19.5 Å². The van der Waals surface area contributed by atoms with Crippen molar-refractivity contribution >= 4 is 15.7 Å². The highest BCUT2D eigenvalue weighted by atomic mass is 32.2. The van der Waals surface area contributed by atoms with Gasteiger partial charge >= 0.3 is 0 Å². The molecule has 6 nitrogen and oxygen atoms in total. The SMILES string of the molecule is CN(C)[C@@H]1CS(=O)(=O)[C@H]2CN(C(=O)CCCCc3cccnc3)C[C@@H]12. The van der Waals surface area contributed by atoms with Gasteiger partial charge in [-0.15, -0.1) is 0 Å². The zero-order valence-electron chi connectivity index (χ0n) is 15.0. The molecule has 0 spiro atoms. The Morgan fingerprint density at radius 2 is 2.12 bits per heavy atom. The highest BCUT2D eigenvalue weighted by Crippen LogP contribution is 2.36. The molecule has 0 aromatic carbocycles. The van der Waals surface area contributed by atoms with Gasteiger partial charge in [-0.3, -0.25) is 9.78 Å². The molecule has 0 radical (unpaired) electrons. The van der Waals surface area contributed by atoms with Gasteiger partial charge in [0.15, 0.2) is 9.84 Å². The van der Waals surface area contributed by atoms with Crippen molar-refractivity contribution in [2.75, 3.05) is 32.9 Å². The Balaban J connectivity index is 1.49. The summed E-state index contributed by atoms with van der Waals surface area (Å²) in [5.41, 5.74) is 1.19. The van der Waals surface area contributed by atoms with Gasteiger partial charge in [-0.05, 0) is 45.0 Å². The number of amides is 1. The number of carbonyl (C=O) groups excluding carboxylic acids is 1. The van der Waals surface area contributed by atoms with Crippen molar-refractivity contribution in [2.24, 2.45) is 5.92 Å². The number of rotatable bonds is 6. The first kappa shape index (κ1) is 18.3. The number of sulfone groups is 1. The molecular formula is C18H27N3O3S. The summed E-state index contributed by atoms with van der Waals surface area (Å²) in [4.78, 5) is 20.3. The lowest BCUT2D eigenvalue weighted by atomic mass is 10.00. The van der Waals surface area contributed by atoms with Crippen LogP contribution in [0.4, 0.5) is 0 Å². The second-order valence-electron chi connectivity index (χ2n) is 7.43. The lowest BCUT2D eigenvalue weighted by Gasteiger charge is -2.25. The third kappa shape index (κ3) is 4.03. The molecule has 1 aromatic heterocycles. The van der Waals surface area contributed by atoms with Crippen molar-refractivity contribution in [3.63, 3.8) is 0 Å². The van der Waals surface area contributed by atoms with Gasteiger partial charge in [0.2, 0.25) is 5.91 Å². The molecule has 1 aromatic rings. The Kier molecular flexibility index (Phi) is 5.43. The molecule has 2 saturated heterocycles. The van der Waals surface area contributed by atoms with Crippen LogP contribution in [0.25, 0.3) is 0 Å². The number of aryl methyl sites for hydroxylation is 1. The maximum absolute atomic E-state index is 12.5. The molecule has 25 heavy (non-hydrogen) atoms. The van der Waals surface area contributed by atoms with E-state index in [4.69, 9.17) is 0 Å². The molecule has 0 saturated carbocycles. The van der Waals surface area contributed by atoms with Crippen LogP contribution in [0.3, 0.4) is 0 Å². The summed E-state index contributed by atoms with van der Waals surface area (Å²) in [7, 11) is 0.756. The molecule has 3 rings (SSSR count). The Morgan fingerprint density at radius 1 is 1.32 bits per heavy atom. The van der Waals surface area contributed by atoms with E-state index >= 15 is 0 Å². The molecule has 0 unspecified atom stereocenters. The summed E-state index contributed by atoms with van der Waals surface area (Å²) in [6.45, 7) is 0.951. The van der Waals surface area contributed by atoms with Gasteiger partial charge in [0.1, 0.15) is 0 Å². The largest absolute Gasteiger partial charge is 0.341 e. The fraction of sp³-hybridized carbons (Fsp3) is 0.667. The molecule has 3 heterocycles. The number of nitrogens with zero attached hydrogens (tertiary/aromatic N) is 3. The second kappa shape index (κ2) is 7.41. The van der Waals surface area contributed by atoms with Crippen LogP contribution < -0.4 is 0 Å². The third-order valence-electron chi connectivity index (χ3n) is 5.51. The van der Waals surface area contributed by atoms with E-state index in [2.05, 4.69) is 4.98 Å². The van der Waals surface area contributed by atoms with Gasteiger partial charge in [-0.1, -0.05) is 6.07 Å². The van der Waals surface area contributed by atoms with Crippen molar-refractivity contribution in [3.05, 3.63) is 30.1 Å². The zero-order chi connectivity index (χ0) is 18.0. The Labute approximate surface area is 150 Å². The number of hydrogen-bond donors (Lipinski definition) is 0. The predicted octanol–water partition coefficient (Wildman–Crippen LogP) is 0.980. The average molecular weight is 365 g/mol. The lowest BCUT2D eigenvalue weighted by Crippen LogP contribution is -2.38. The van der Waals surface area contributed by atoms with E-state index in [1.54, 1.807) is 11.1 Å². The van der Waals surface area contributed by atoms with E-state index in [-0.39, 0.29) is 28.9 Å². The monoisotopic (exact) mass is 365 g/mol. The Bertz CT molecular complexity index is 706. The minimum Gasteiger partial charge on any atom is -0.341 e. The Morgan fingerprint density at radius 3 is 2.80 bits per heavy atom. The lowest BCUT2D eigenvalue weighted by molar-refractivity contribution is -0.130. The normalized spacial score (nSPS) is 27.6. The van der Waals surface area contributed by atoms with Gasteiger partial charge in [-0.2, -0.15) is 0 Å². The number of hydrogen-bond acceptors (Lipinski definition) is 5. The fourth-order valence-corrected chi connectivity index (χ4v) is 6.55.